The second kappa shape index (κ2) is 14.3. The summed E-state index contributed by atoms with van der Waals surface area (Å²) in [6.07, 6.45) is 0. The topological polar surface area (TPSA) is 3.24 Å². The van der Waals surface area contributed by atoms with Crippen LogP contribution in [0.5, 0.6) is 0 Å². The van der Waals surface area contributed by atoms with E-state index in [1.165, 1.54) is 86.6 Å². The van der Waals surface area contributed by atoms with E-state index in [0.717, 1.165) is 17.1 Å². The fourth-order valence-corrected chi connectivity index (χ4v) is 11.2. The molecule has 1 heterocycles. The number of nitrogens with zero attached hydrogens (tertiary/aromatic N) is 1. The second-order valence-corrected chi connectivity index (χ2v) is 17.1. The minimum absolute atomic E-state index is 0.509. The Morgan fingerprint density at radius 3 is 1.66 bits per heavy atom. The van der Waals surface area contributed by atoms with Crippen LogP contribution < -0.4 is 4.90 Å². The van der Waals surface area contributed by atoms with E-state index in [2.05, 4.69) is 241 Å². The molecule has 11 aromatic rings. The third-order valence-electron chi connectivity index (χ3n) is 12.7. The maximum Gasteiger partial charge on any atom is 0.0714 e. The van der Waals surface area contributed by atoms with Gasteiger partial charge < -0.3 is 4.90 Å². The number of hydrogen-bond acceptors (Lipinski definition) is 2. The van der Waals surface area contributed by atoms with Gasteiger partial charge in [-0.05, 0) is 109 Å². The lowest BCUT2D eigenvalue weighted by Crippen LogP contribution is -2.28. The van der Waals surface area contributed by atoms with Crippen molar-refractivity contribution in [3.8, 4) is 33.4 Å². The molecule has 61 heavy (non-hydrogen) atoms. The highest BCUT2D eigenvalue weighted by molar-refractivity contribution is 7.25. The molecule has 0 saturated heterocycles. The predicted molar refractivity (Wildman–Crippen MR) is 260 cm³/mol. The molecule has 0 spiro atoms. The maximum absolute atomic E-state index is 2.49. The molecule has 0 N–H and O–H groups in total. The first-order valence-corrected chi connectivity index (χ1v) is 21.8. The van der Waals surface area contributed by atoms with Gasteiger partial charge >= 0.3 is 0 Å². The summed E-state index contributed by atoms with van der Waals surface area (Å²) in [5, 5.41) is 5.11. The van der Waals surface area contributed by atoms with Gasteiger partial charge in [-0.3, -0.25) is 0 Å². The number of anilines is 3. The molecule has 286 valence electrons. The van der Waals surface area contributed by atoms with Crippen molar-refractivity contribution in [2.75, 3.05) is 4.90 Å². The molecule has 0 atom stereocenters. The van der Waals surface area contributed by atoms with Crippen molar-refractivity contribution in [3.05, 3.63) is 259 Å². The summed E-state index contributed by atoms with van der Waals surface area (Å²) < 4.78 is 2.63. The van der Waals surface area contributed by atoms with Gasteiger partial charge in [-0.1, -0.05) is 188 Å². The van der Waals surface area contributed by atoms with Crippen LogP contribution >= 0.6 is 11.3 Å². The zero-order valence-corrected chi connectivity index (χ0v) is 34.2. The van der Waals surface area contributed by atoms with Crippen molar-refractivity contribution in [2.24, 2.45) is 0 Å². The molecule has 1 aliphatic rings. The fraction of sp³-hybridized carbons (Fsp3) is 0.0169. The van der Waals surface area contributed by atoms with Gasteiger partial charge in [-0.25, -0.2) is 0 Å². The molecule has 0 bridgehead atoms. The fourth-order valence-electron chi connectivity index (χ4n) is 10.0. The Kier molecular flexibility index (Phi) is 8.33. The maximum atomic E-state index is 2.49. The first-order chi connectivity index (χ1) is 30.2. The molecule has 0 fully saturated rings. The van der Waals surface area contributed by atoms with E-state index in [1.807, 2.05) is 11.3 Å². The molecule has 12 rings (SSSR count). The number of thiophene rings is 1. The molecule has 2 heteroatoms. The van der Waals surface area contributed by atoms with Gasteiger partial charge in [0.15, 0.2) is 0 Å². The SMILES string of the molecule is c1ccc(C2(c3ccccc3)c3ccccc3-c3c(N(c4cccc(-c5ccc6ccccc6c5)c4)c4cccc(-c5ccc6c(c5)sc5ccccc56)c4)cccc32)cc1. The predicted octanol–water partition coefficient (Wildman–Crippen LogP) is 16.4. The van der Waals surface area contributed by atoms with Gasteiger partial charge in [-0.2, -0.15) is 0 Å². The third-order valence-corrected chi connectivity index (χ3v) is 13.8. The van der Waals surface area contributed by atoms with Gasteiger partial charge in [-0.15, -0.1) is 11.3 Å². The monoisotopic (exact) mass is 793 g/mol. The van der Waals surface area contributed by atoms with Crippen LogP contribution in [0.3, 0.4) is 0 Å². The lowest BCUT2D eigenvalue weighted by molar-refractivity contribution is 0.768. The van der Waals surface area contributed by atoms with Crippen molar-refractivity contribution in [1.82, 2.24) is 0 Å². The number of rotatable bonds is 7. The number of fused-ring (bicyclic) bond motifs is 7. The summed E-state index contributed by atoms with van der Waals surface area (Å²) in [5.74, 6) is 0. The highest BCUT2D eigenvalue weighted by Gasteiger charge is 2.47. The molecule has 10 aromatic carbocycles. The van der Waals surface area contributed by atoms with Crippen LogP contribution in [0.2, 0.25) is 0 Å². The van der Waals surface area contributed by atoms with E-state index in [9.17, 15) is 0 Å². The molecule has 1 nitrogen and oxygen atoms in total. The molecule has 0 amide bonds. The lowest BCUT2D eigenvalue weighted by Gasteiger charge is -2.34. The lowest BCUT2D eigenvalue weighted by atomic mass is 9.68. The quantitative estimate of drug-likeness (QED) is 0.155. The summed E-state index contributed by atoms with van der Waals surface area (Å²) in [6, 6.07) is 87.4. The normalized spacial score (nSPS) is 12.7. The Balaban J connectivity index is 1.10. The molecule has 0 saturated carbocycles. The number of hydrogen-bond donors (Lipinski definition) is 0. The summed E-state index contributed by atoms with van der Waals surface area (Å²) in [6.45, 7) is 0. The smallest absolute Gasteiger partial charge is 0.0714 e. The molecule has 0 unspecified atom stereocenters. The van der Waals surface area contributed by atoms with Crippen LogP contribution in [0.1, 0.15) is 22.3 Å². The van der Waals surface area contributed by atoms with Gasteiger partial charge in [0.25, 0.3) is 0 Å². The molecular weight excluding hydrogens is 755 g/mol. The average molecular weight is 794 g/mol. The van der Waals surface area contributed by atoms with E-state index in [1.54, 1.807) is 0 Å². The van der Waals surface area contributed by atoms with E-state index in [-0.39, 0.29) is 0 Å². The van der Waals surface area contributed by atoms with Crippen molar-refractivity contribution in [2.45, 2.75) is 5.41 Å². The van der Waals surface area contributed by atoms with Gasteiger partial charge in [0.1, 0.15) is 0 Å². The van der Waals surface area contributed by atoms with E-state index in [0.29, 0.717) is 0 Å². The summed E-state index contributed by atoms with van der Waals surface area (Å²) in [7, 11) is 0. The first-order valence-electron chi connectivity index (χ1n) is 21.0. The van der Waals surface area contributed by atoms with Gasteiger partial charge in [0.05, 0.1) is 11.1 Å². The van der Waals surface area contributed by atoms with Crippen LogP contribution in [0.15, 0.2) is 237 Å². The Hall–Kier alpha value is -7.52. The second-order valence-electron chi connectivity index (χ2n) is 16.0. The highest BCUT2D eigenvalue weighted by atomic mass is 32.1. The average Bonchev–Trinajstić information content (AvgIpc) is 3.86. The van der Waals surface area contributed by atoms with Crippen molar-refractivity contribution in [3.63, 3.8) is 0 Å². The van der Waals surface area contributed by atoms with E-state index < -0.39 is 5.41 Å². The standard InChI is InChI=1S/C59H39NS/c1-3-20-46(21-4-1)59(47-22-5-2-6-23-47)53-28-11-9-27-52(53)58-54(59)29-15-30-55(58)60(48-24-13-18-42(37-48)44-33-32-40-16-7-8-17-41(40)36-44)49-25-14-19-43(38-49)45-34-35-51-50-26-10-12-31-56(50)61-57(51)39-45/h1-39H. The Morgan fingerprint density at radius 2 is 0.902 bits per heavy atom. The zero-order valence-electron chi connectivity index (χ0n) is 33.4. The third kappa shape index (κ3) is 5.68. The van der Waals surface area contributed by atoms with Crippen LogP contribution in [0.4, 0.5) is 17.1 Å². The van der Waals surface area contributed by atoms with Crippen molar-refractivity contribution < 1.29 is 0 Å². The Morgan fingerprint density at radius 1 is 0.344 bits per heavy atom. The van der Waals surface area contributed by atoms with Crippen LogP contribution in [0, 0.1) is 0 Å². The van der Waals surface area contributed by atoms with Gasteiger partial charge in [0.2, 0.25) is 0 Å². The molecule has 1 aliphatic carbocycles. The highest BCUT2D eigenvalue weighted by Crippen LogP contribution is 2.59. The van der Waals surface area contributed by atoms with Crippen molar-refractivity contribution in [1.29, 1.82) is 0 Å². The summed E-state index contributed by atoms with van der Waals surface area (Å²) in [5.41, 5.74) is 15.2. The number of benzene rings is 10. The molecule has 0 aliphatic heterocycles. The Labute approximate surface area is 360 Å². The minimum Gasteiger partial charge on any atom is -0.310 e. The van der Waals surface area contributed by atoms with Crippen LogP contribution in [-0.2, 0) is 5.41 Å². The van der Waals surface area contributed by atoms with E-state index in [4.69, 9.17) is 0 Å². The van der Waals surface area contributed by atoms with Gasteiger partial charge in [0, 0.05) is 37.1 Å². The first kappa shape index (κ1) is 35.4. The summed E-state index contributed by atoms with van der Waals surface area (Å²) in [4.78, 5) is 2.49. The minimum atomic E-state index is -0.509. The van der Waals surface area contributed by atoms with Crippen LogP contribution in [0.25, 0.3) is 64.3 Å². The summed E-state index contributed by atoms with van der Waals surface area (Å²) >= 11 is 1.87. The molecular formula is C59H39NS. The molecule has 1 aromatic heterocycles. The van der Waals surface area contributed by atoms with Crippen molar-refractivity contribution >= 4 is 59.3 Å². The molecule has 0 radical (unpaired) electrons. The van der Waals surface area contributed by atoms with E-state index >= 15 is 0 Å². The zero-order chi connectivity index (χ0) is 40.3. The largest absolute Gasteiger partial charge is 0.310 e. The van der Waals surface area contributed by atoms with Crippen LogP contribution in [-0.4, -0.2) is 0 Å². The Bertz CT molecular complexity index is 3400.